The van der Waals surface area contributed by atoms with Crippen LogP contribution in [0.15, 0.2) is 63.2 Å². The molecule has 0 atom stereocenters. The number of nitro benzene ring substituents is 1. The van der Waals surface area contributed by atoms with Crippen molar-refractivity contribution in [2.75, 3.05) is 39.6 Å². The van der Waals surface area contributed by atoms with Crippen molar-refractivity contribution < 1.29 is 4.92 Å². The lowest BCUT2D eigenvalue weighted by Gasteiger charge is -2.60. The second-order valence-corrected chi connectivity index (χ2v) is 9.07. The monoisotopic (exact) mass is 468 g/mol. The Balaban J connectivity index is 1.57. The average molecular weight is 469 g/mol. The Kier molecular flexibility index (Phi) is 4.98. The smallest absolute Gasteiger partial charge is 0.270 e. The third-order valence-electron chi connectivity index (χ3n) is 5.87. The Bertz CT molecular complexity index is 1020. The maximum absolute atomic E-state index is 11.4. The summed E-state index contributed by atoms with van der Waals surface area (Å²) in [7, 11) is 0. The third kappa shape index (κ3) is 3.58. The van der Waals surface area contributed by atoms with Gasteiger partial charge in [0.25, 0.3) is 5.69 Å². The first-order valence-electron chi connectivity index (χ1n) is 9.80. The van der Waals surface area contributed by atoms with Crippen LogP contribution in [-0.2, 0) is 0 Å². The minimum Gasteiger partial charge on any atom is -0.276 e. The summed E-state index contributed by atoms with van der Waals surface area (Å²) in [4.78, 5) is 18.2. The maximum atomic E-state index is 11.4. The molecule has 4 bridgehead atoms. The van der Waals surface area contributed by atoms with Gasteiger partial charge in [-0.05, 0) is 6.07 Å². The van der Waals surface area contributed by atoms with E-state index in [0.29, 0.717) is 0 Å². The highest BCUT2D eigenvalue weighted by atomic mass is 79.9. The van der Waals surface area contributed by atoms with E-state index in [0.717, 1.165) is 61.0 Å². The maximum Gasteiger partial charge on any atom is 0.270 e. The summed E-state index contributed by atoms with van der Waals surface area (Å²) in [6.45, 7) is 5.52. The zero-order valence-electron chi connectivity index (χ0n) is 16.3. The van der Waals surface area contributed by atoms with Crippen molar-refractivity contribution in [3.8, 4) is 0 Å². The molecule has 30 heavy (non-hydrogen) atoms. The molecule has 0 radical (unpaired) electrons. The molecule has 4 aliphatic rings. The molecule has 4 fully saturated rings. The van der Waals surface area contributed by atoms with Gasteiger partial charge in [0.1, 0.15) is 0 Å². The first-order valence-corrected chi connectivity index (χ1v) is 10.6. The molecule has 6 rings (SSSR count). The summed E-state index contributed by atoms with van der Waals surface area (Å²) in [5.74, 6) is 0. The third-order valence-corrected chi connectivity index (χ3v) is 6.59. The predicted octanol–water partition coefficient (Wildman–Crippen LogP) is 2.99. The lowest BCUT2D eigenvalue weighted by molar-refractivity contribution is -0.384. The first kappa shape index (κ1) is 19.5. The van der Waals surface area contributed by atoms with Gasteiger partial charge in [0, 0.05) is 47.4 Å². The standard InChI is InChI=1S/C21H21BrN6O2/c22-19-7-2-1-4-17(19)9-23-24-20(16-5-3-6-18(8-16)28(29)30)21-10-25-13-26(11-21)15-27(12-21)14-25/h1-9H,10-15H2/b23-9+,24-20-. The van der Waals surface area contributed by atoms with Crippen LogP contribution in [0.3, 0.4) is 0 Å². The van der Waals surface area contributed by atoms with E-state index < -0.39 is 0 Å². The quantitative estimate of drug-likeness (QED) is 0.382. The van der Waals surface area contributed by atoms with Crippen LogP contribution in [0, 0.1) is 15.5 Å². The molecule has 0 aromatic heterocycles. The van der Waals surface area contributed by atoms with E-state index >= 15 is 0 Å². The van der Waals surface area contributed by atoms with Crippen LogP contribution in [0.4, 0.5) is 5.69 Å². The van der Waals surface area contributed by atoms with Crippen LogP contribution in [0.2, 0.25) is 0 Å². The fraction of sp³-hybridized carbons (Fsp3) is 0.333. The molecular formula is C21H21BrN6O2. The van der Waals surface area contributed by atoms with Crippen LogP contribution in [-0.4, -0.2) is 71.2 Å². The second kappa shape index (κ2) is 7.66. The topological polar surface area (TPSA) is 77.6 Å². The van der Waals surface area contributed by atoms with Crippen molar-refractivity contribution in [2.24, 2.45) is 15.6 Å². The van der Waals surface area contributed by atoms with Crippen molar-refractivity contribution in [1.82, 2.24) is 14.7 Å². The lowest BCUT2D eigenvalue weighted by Crippen LogP contribution is -2.74. The van der Waals surface area contributed by atoms with Gasteiger partial charge in [-0.1, -0.05) is 46.3 Å². The SMILES string of the molecule is O=[N+]([O-])c1cccc(/C(=N/N=C/c2ccccc2Br)C23CN4CN(CN(C4)C2)C3)c1. The number of non-ortho nitro benzene ring substituents is 1. The lowest BCUT2D eigenvalue weighted by atomic mass is 9.74. The fourth-order valence-electron chi connectivity index (χ4n) is 4.91. The number of hydrogen-bond donors (Lipinski definition) is 0. The molecule has 4 heterocycles. The Morgan fingerprint density at radius 2 is 1.70 bits per heavy atom. The van der Waals surface area contributed by atoms with E-state index in [1.807, 2.05) is 30.3 Å². The molecule has 0 aliphatic carbocycles. The Labute approximate surface area is 182 Å². The van der Waals surface area contributed by atoms with E-state index in [1.54, 1.807) is 18.3 Å². The summed E-state index contributed by atoms with van der Waals surface area (Å²) in [5, 5.41) is 20.5. The average Bonchev–Trinajstić information content (AvgIpc) is 2.71. The van der Waals surface area contributed by atoms with Crippen LogP contribution in [0.5, 0.6) is 0 Å². The molecule has 4 aliphatic heterocycles. The number of rotatable bonds is 5. The van der Waals surface area contributed by atoms with Crippen LogP contribution in [0.1, 0.15) is 11.1 Å². The number of nitro groups is 1. The molecule has 0 amide bonds. The normalized spacial score (nSPS) is 30.2. The van der Waals surface area contributed by atoms with Gasteiger partial charge in [0.05, 0.1) is 42.3 Å². The zero-order chi connectivity index (χ0) is 20.7. The van der Waals surface area contributed by atoms with Gasteiger partial charge in [-0.2, -0.15) is 10.2 Å². The highest BCUT2D eigenvalue weighted by Gasteiger charge is 2.52. The van der Waals surface area contributed by atoms with E-state index in [4.69, 9.17) is 0 Å². The minimum atomic E-state index is -0.359. The van der Waals surface area contributed by atoms with E-state index in [1.165, 1.54) is 6.07 Å². The summed E-state index contributed by atoms with van der Waals surface area (Å²) in [6, 6.07) is 14.6. The van der Waals surface area contributed by atoms with Crippen molar-refractivity contribution in [3.05, 3.63) is 74.2 Å². The zero-order valence-corrected chi connectivity index (χ0v) is 17.9. The largest absolute Gasteiger partial charge is 0.276 e. The molecule has 2 aromatic rings. The van der Waals surface area contributed by atoms with Gasteiger partial charge >= 0.3 is 0 Å². The Morgan fingerprint density at radius 1 is 1.03 bits per heavy atom. The molecule has 0 spiro atoms. The van der Waals surface area contributed by atoms with Gasteiger partial charge in [0.15, 0.2) is 0 Å². The molecule has 2 aromatic carbocycles. The van der Waals surface area contributed by atoms with Crippen molar-refractivity contribution in [2.45, 2.75) is 0 Å². The number of benzene rings is 2. The highest BCUT2D eigenvalue weighted by molar-refractivity contribution is 9.10. The number of hydrogen-bond acceptors (Lipinski definition) is 7. The van der Waals surface area contributed by atoms with Crippen LogP contribution < -0.4 is 0 Å². The first-order chi connectivity index (χ1) is 14.5. The van der Waals surface area contributed by atoms with E-state index in [9.17, 15) is 10.1 Å². The van der Waals surface area contributed by atoms with Crippen molar-refractivity contribution in [1.29, 1.82) is 0 Å². The van der Waals surface area contributed by atoms with Gasteiger partial charge in [-0.3, -0.25) is 24.8 Å². The number of halogens is 1. The van der Waals surface area contributed by atoms with E-state index in [-0.39, 0.29) is 16.0 Å². The van der Waals surface area contributed by atoms with Crippen LogP contribution >= 0.6 is 15.9 Å². The van der Waals surface area contributed by atoms with E-state index in [2.05, 4.69) is 40.8 Å². The summed E-state index contributed by atoms with van der Waals surface area (Å²) >= 11 is 3.53. The molecule has 8 nitrogen and oxygen atoms in total. The molecule has 0 saturated carbocycles. The summed E-state index contributed by atoms with van der Waals surface area (Å²) in [5.41, 5.74) is 2.35. The highest BCUT2D eigenvalue weighted by Crippen LogP contribution is 2.39. The van der Waals surface area contributed by atoms with Gasteiger partial charge in [0.2, 0.25) is 0 Å². The van der Waals surface area contributed by atoms with Crippen LogP contribution in [0.25, 0.3) is 0 Å². The summed E-state index contributed by atoms with van der Waals surface area (Å²) < 4.78 is 0.944. The molecule has 4 saturated heterocycles. The Morgan fingerprint density at radius 3 is 2.33 bits per heavy atom. The number of nitrogens with zero attached hydrogens (tertiary/aromatic N) is 6. The molecule has 0 unspecified atom stereocenters. The van der Waals surface area contributed by atoms with Crippen molar-refractivity contribution in [3.63, 3.8) is 0 Å². The van der Waals surface area contributed by atoms with Gasteiger partial charge < -0.3 is 0 Å². The molecular weight excluding hydrogens is 448 g/mol. The molecule has 0 N–H and O–H groups in total. The van der Waals surface area contributed by atoms with Crippen molar-refractivity contribution >= 4 is 33.5 Å². The fourth-order valence-corrected chi connectivity index (χ4v) is 5.29. The minimum absolute atomic E-state index is 0.0700. The van der Waals surface area contributed by atoms with Gasteiger partial charge in [-0.25, -0.2) is 0 Å². The summed E-state index contributed by atoms with van der Waals surface area (Å²) in [6.07, 6.45) is 1.73. The predicted molar refractivity (Wildman–Crippen MR) is 119 cm³/mol. The molecule has 154 valence electrons. The second-order valence-electron chi connectivity index (χ2n) is 8.21. The van der Waals surface area contributed by atoms with Gasteiger partial charge in [-0.15, -0.1) is 0 Å². The molecule has 9 heteroatoms. The Hall–Kier alpha value is -2.46.